The predicted molar refractivity (Wildman–Crippen MR) is 74.0 cm³/mol. The molecule has 0 bridgehead atoms. The van der Waals surface area contributed by atoms with Crippen molar-refractivity contribution in [1.29, 1.82) is 0 Å². The van der Waals surface area contributed by atoms with Gasteiger partial charge in [-0.25, -0.2) is 0 Å². The summed E-state index contributed by atoms with van der Waals surface area (Å²) in [5.41, 5.74) is 1.27. The number of thiophene rings is 1. The van der Waals surface area contributed by atoms with Crippen molar-refractivity contribution >= 4 is 28.1 Å². The average molecular weight is 290 g/mol. The molecule has 0 aliphatic rings. The van der Waals surface area contributed by atoms with Crippen molar-refractivity contribution in [2.75, 3.05) is 0 Å². The molecular weight excluding hydrogens is 280 g/mol. The predicted octanol–water partition coefficient (Wildman–Crippen LogP) is 2.44. The third-order valence-corrected chi connectivity index (χ3v) is 4.14. The Bertz CT molecular complexity index is 793. The van der Waals surface area contributed by atoms with E-state index in [9.17, 15) is 15.2 Å². The van der Waals surface area contributed by atoms with Gasteiger partial charge >= 0.3 is 5.69 Å². The van der Waals surface area contributed by atoms with E-state index in [1.54, 1.807) is 19.1 Å². The van der Waals surface area contributed by atoms with E-state index >= 15 is 0 Å². The summed E-state index contributed by atoms with van der Waals surface area (Å²) in [5.74, 6) is 0. The van der Waals surface area contributed by atoms with Crippen LogP contribution in [0.25, 0.3) is 16.0 Å². The first kappa shape index (κ1) is 12.7. The molecule has 7 nitrogen and oxygen atoms in total. The van der Waals surface area contributed by atoms with Gasteiger partial charge in [0, 0.05) is 10.9 Å². The van der Waals surface area contributed by atoms with Crippen LogP contribution in [0, 0.1) is 10.1 Å². The molecule has 0 fully saturated rings. The first-order valence-electron chi connectivity index (χ1n) is 5.85. The summed E-state index contributed by atoms with van der Waals surface area (Å²) in [6.07, 6.45) is -0.762. The minimum Gasteiger partial charge on any atom is -0.388 e. The molecule has 8 heteroatoms. The summed E-state index contributed by atoms with van der Waals surface area (Å²) in [6, 6.07) is 8.60. The number of hydrogen-bond donors (Lipinski definition) is 1. The molecule has 1 aromatic carbocycles. The Labute approximate surface area is 117 Å². The van der Waals surface area contributed by atoms with E-state index in [2.05, 4.69) is 10.3 Å². The van der Waals surface area contributed by atoms with Crippen LogP contribution in [-0.2, 0) is 0 Å². The lowest BCUT2D eigenvalue weighted by molar-refractivity contribution is -0.384. The van der Waals surface area contributed by atoms with Gasteiger partial charge in [0.15, 0.2) is 5.00 Å². The third kappa shape index (κ3) is 1.95. The summed E-state index contributed by atoms with van der Waals surface area (Å²) in [4.78, 5) is 11.2. The highest BCUT2D eigenvalue weighted by Gasteiger charge is 2.24. The Balaban J connectivity index is 2.25. The number of benzene rings is 1. The molecule has 2 aromatic heterocycles. The van der Waals surface area contributed by atoms with E-state index in [0.717, 1.165) is 11.3 Å². The zero-order valence-corrected chi connectivity index (χ0v) is 11.2. The maximum Gasteiger partial charge on any atom is 0.306 e. The second-order valence-electron chi connectivity index (χ2n) is 4.26. The number of aromatic nitrogens is 3. The van der Waals surface area contributed by atoms with Crippen molar-refractivity contribution in [3.8, 4) is 5.00 Å². The van der Waals surface area contributed by atoms with E-state index in [-0.39, 0.29) is 5.69 Å². The van der Waals surface area contributed by atoms with Gasteiger partial charge in [0.05, 0.1) is 16.5 Å². The van der Waals surface area contributed by atoms with Gasteiger partial charge in [0.1, 0.15) is 5.52 Å². The number of fused-ring (bicyclic) bond motifs is 1. The minimum atomic E-state index is -0.762. The van der Waals surface area contributed by atoms with Crippen molar-refractivity contribution in [3.63, 3.8) is 0 Å². The molecule has 0 aliphatic carbocycles. The number of aliphatic hydroxyl groups is 1. The summed E-state index contributed by atoms with van der Waals surface area (Å²) >= 11 is 1.14. The molecular formula is C12H10N4O3S. The van der Waals surface area contributed by atoms with Crippen molar-refractivity contribution in [1.82, 2.24) is 15.0 Å². The van der Waals surface area contributed by atoms with Crippen molar-refractivity contribution < 1.29 is 10.0 Å². The third-order valence-electron chi connectivity index (χ3n) is 2.87. The largest absolute Gasteiger partial charge is 0.388 e. The van der Waals surface area contributed by atoms with Gasteiger partial charge in [0.2, 0.25) is 0 Å². The van der Waals surface area contributed by atoms with Gasteiger partial charge in [-0.15, -0.1) is 16.4 Å². The quantitative estimate of drug-likeness (QED) is 0.590. The number of hydrogen-bond acceptors (Lipinski definition) is 6. The summed E-state index contributed by atoms with van der Waals surface area (Å²) in [7, 11) is 0. The Morgan fingerprint density at radius 2 is 2.20 bits per heavy atom. The molecule has 1 atom stereocenters. The summed E-state index contributed by atoms with van der Waals surface area (Å²) in [5, 5.41) is 29.1. The minimum absolute atomic E-state index is 0.0819. The number of nitrogens with zero attached hydrogens (tertiary/aromatic N) is 4. The van der Waals surface area contributed by atoms with E-state index in [1.807, 2.05) is 12.1 Å². The van der Waals surface area contributed by atoms with Gasteiger partial charge in [-0.2, -0.15) is 4.68 Å². The molecule has 1 N–H and O–H groups in total. The Kier molecular flexibility index (Phi) is 2.96. The lowest BCUT2D eigenvalue weighted by Gasteiger charge is -1.98. The molecule has 2 heterocycles. The average Bonchev–Trinajstić information content (AvgIpc) is 3.02. The highest BCUT2D eigenvalue weighted by Crippen LogP contribution is 2.36. The maximum absolute atomic E-state index is 11.2. The number of aliphatic hydroxyl groups excluding tert-OH is 1. The van der Waals surface area contributed by atoms with E-state index in [4.69, 9.17) is 0 Å². The smallest absolute Gasteiger partial charge is 0.306 e. The second kappa shape index (κ2) is 4.66. The van der Waals surface area contributed by atoms with Gasteiger partial charge < -0.3 is 5.11 Å². The molecule has 20 heavy (non-hydrogen) atoms. The van der Waals surface area contributed by atoms with E-state index in [1.165, 1.54) is 10.7 Å². The van der Waals surface area contributed by atoms with E-state index in [0.29, 0.717) is 20.9 Å². The van der Waals surface area contributed by atoms with Crippen LogP contribution in [0.3, 0.4) is 0 Å². The second-order valence-corrected chi connectivity index (χ2v) is 5.32. The lowest BCUT2D eigenvalue weighted by Crippen LogP contribution is -1.97. The molecule has 3 aromatic rings. The molecule has 3 rings (SSSR count). The van der Waals surface area contributed by atoms with Crippen LogP contribution in [0.1, 0.15) is 17.9 Å². The first-order valence-corrected chi connectivity index (χ1v) is 6.66. The molecule has 0 spiro atoms. The molecule has 0 amide bonds. The number of para-hydroxylation sites is 1. The fourth-order valence-electron chi connectivity index (χ4n) is 1.90. The Hall–Kier alpha value is -2.32. The first-order chi connectivity index (χ1) is 9.58. The van der Waals surface area contributed by atoms with Crippen LogP contribution < -0.4 is 0 Å². The van der Waals surface area contributed by atoms with Crippen LogP contribution >= 0.6 is 11.3 Å². The normalized spacial score (nSPS) is 12.7. The van der Waals surface area contributed by atoms with E-state index < -0.39 is 11.0 Å². The van der Waals surface area contributed by atoms with Gasteiger partial charge in [-0.3, -0.25) is 10.1 Å². The maximum atomic E-state index is 11.2. The SMILES string of the molecule is C[C@H](O)c1cc([N+](=O)[O-])c(-n2nnc3ccccc32)s1. The topological polar surface area (TPSA) is 94.1 Å². The van der Waals surface area contributed by atoms with Gasteiger partial charge in [-0.05, 0) is 19.1 Å². The Morgan fingerprint density at radius 3 is 2.90 bits per heavy atom. The summed E-state index contributed by atoms with van der Waals surface area (Å²) in [6.45, 7) is 1.57. The van der Waals surface area contributed by atoms with Crippen molar-refractivity contribution in [3.05, 3.63) is 45.3 Å². The fraction of sp³-hybridized carbons (Fsp3) is 0.167. The highest BCUT2D eigenvalue weighted by atomic mass is 32.1. The molecule has 0 aliphatic heterocycles. The number of rotatable bonds is 3. The molecule has 0 saturated carbocycles. The molecule has 0 saturated heterocycles. The zero-order valence-electron chi connectivity index (χ0n) is 10.4. The van der Waals surface area contributed by atoms with Crippen molar-refractivity contribution in [2.45, 2.75) is 13.0 Å². The van der Waals surface area contributed by atoms with Crippen LogP contribution in [0.5, 0.6) is 0 Å². The number of nitro groups is 1. The molecule has 0 radical (unpaired) electrons. The van der Waals surface area contributed by atoms with Gasteiger partial charge in [0.25, 0.3) is 0 Å². The molecule has 0 unspecified atom stereocenters. The summed E-state index contributed by atoms with van der Waals surface area (Å²) < 4.78 is 1.43. The lowest BCUT2D eigenvalue weighted by atomic mass is 10.3. The van der Waals surface area contributed by atoms with Crippen LogP contribution in [0.15, 0.2) is 30.3 Å². The highest BCUT2D eigenvalue weighted by molar-refractivity contribution is 7.15. The zero-order chi connectivity index (χ0) is 14.3. The van der Waals surface area contributed by atoms with Gasteiger partial charge in [-0.1, -0.05) is 17.3 Å². The monoisotopic (exact) mass is 290 g/mol. The van der Waals surface area contributed by atoms with Crippen molar-refractivity contribution in [2.24, 2.45) is 0 Å². The molecule has 102 valence electrons. The fourth-order valence-corrected chi connectivity index (χ4v) is 2.92. The van der Waals surface area contributed by atoms with Crippen LogP contribution in [0.2, 0.25) is 0 Å². The van der Waals surface area contributed by atoms with Crippen LogP contribution in [0.4, 0.5) is 5.69 Å². The standard InChI is InChI=1S/C12H10N4O3S/c1-7(17)11-6-10(16(18)19)12(20-11)15-9-5-3-2-4-8(9)13-14-15/h2-7,17H,1H3/t7-/m0/s1. The Morgan fingerprint density at radius 1 is 1.45 bits per heavy atom. The van der Waals surface area contributed by atoms with Crippen LogP contribution in [-0.4, -0.2) is 25.0 Å².